The summed E-state index contributed by atoms with van der Waals surface area (Å²) in [5.74, 6) is 0.681. The number of carbonyl (C=O) groups is 1. The maximum atomic E-state index is 12.7. The molecule has 4 nitrogen and oxygen atoms in total. The summed E-state index contributed by atoms with van der Waals surface area (Å²) < 4.78 is 5.72. The monoisotopic (exact) mass is 302 g/mol. The molecule has 0 aliphatic carbocycles. The van der Waals surface area contributed by atoms with Crippen LogP contribution in [0.2, 0.25) is 0 Å². The molecule has 2 aliphatic rings. The van der Waals surface area contributed by atoms with Gasteiger partial charge in [0.25, 0.3) is 0 Å². The van der Waals surface area contributed by atoms with Gasteiger partial charge in [-0.25, -0.2) is 0 Å². The van der Waals surface area contributed by atoms with E-state index in [-0.39, 0.29) is 5.91 Å². The number of benzene rings is 1. The van der Waals surface area contributed by atoms with Crippen molar-refractivity contribution in [3.05, 3.63) is 35.4 Å². The molecule has 1 amide bonds. The highest BCUT2D eigenvalue weighted by Gasteiger charge is 2.33. The molecule has 0 spiro atoms. The van der Waals surface area contributed by atoms with Gasteiger partial charge in [0, 0.05) is 25.6 Å². The van der Waals surface area contributed by atoms with E-state index in [1.807, 2.05) is 0 Å². The normalized spacial score (nSPS) is 25.8. The van der Waals surface area contributed by atoms with Crippen LogP contribution in [0.25, 0.3) is 0 Å². The molecular weight excluding hydrogens is 276 g/mol. The smallest absolute Gasteiger partial charge is 0.227 e. The minimum Gasteiger partial charge on any atom is -0.379 e. The maximum Gasteiger partial charge on any atom is 0.227 e. The molecule has 0 N–H and O–H groups in total. The van der Waals surface area contributed by atoms with Crippen molar-refractivity contribution < 1.29 is 9.53 Å². The second-order valence-corrected chi connectivity index (χ2v) is 6.64. The Kier molecular flexibility index (Phi) is 4.79. The lowest BCUT2D eigenvalue weighted by molar-refractivity contribution is -0.132. The van der Waals surface area contributed by atoms with Gasteiger partial charge in [0.1, 0.15) is 0 Å². The lowest BCUT2D eigenvalue weighted by Crippen LogP contribution is -2.45. The van der Waals surface area contributed by atoms with Crippen LogP contribution in [0.4, 0.5) is 0 Å². The Morgan fingerprint density at radius 2 is 1.86 bits per heavy atom. The molecular formula is C18H26N2O2. The maximum absolute atomic E-state index is 12.7. The standard InChI is InChI=1S/C18H26N2O2/c1-3-14-4-6-15(7-5-14)8-18(21)20-10-16-9-19(2)17(11-20)13-22-12-16/h4-7,16-17H,3,8-13H2,1-2H3/t16-,17+/m1/s1. The quantitative estimate of drug-likeness (QED) is 0.850. The van der Waals surface area contributed by atoms with Gasteiger partial charge in [0.05, 0.1) is 25.7 Å². The number of hydrogen-bond acceptors (Lipinski definition) is 3. The Balaban J connectivity index is 1.66. The molecule has 120 valence electrons. The zero-order chi connectivity index (χ0) is 15.5. The third-order valence-corrected chi connectivity index (χ3v) is 4.88. The Hall–Kier alpha value is -1.39. The minimum atomic E-state index is 0.247. The number of likely N-dealkylation sites (N-methyl/N-ethyl adjacent to an activating group) is 1. The first-order valence-electron chi connectivity index (χ1n) is 8.29. The summed E-state index contributed by atoms with van der Waals surface area (Å²) in [6.07, 6.45) is 1.55. The Labute approximate surface area is 133 Å². The SMILES string of the molecule is CCc1ccc(CC(=O)N2C[C@@H]3COC[C@H](C2)N(C)C3)cc1. The van der Waals surface area contributed by atoms with Crippen LogP contribution >= 0.6 is 0 Å². The van der Waals surface area contributed by atoms with Crippen molar-refractivity contribution in [1.82, 2.24) is 9.80 Å². The van der Waals surface area contributed by atoms with E-state index in [1.165, 1.54) is 5.56 Å². The van der Waals surface area contributed by atoms with Gasteiger partial charge in [-0.2, -0.15) is 0 Å². The zero-order valence-corrected chi connectivity index (χ0v) is 13.6. The van der Waals surface area contributed by atoms with Gasteiger partial charge in [-0.05, 0) is 24.6 Å². The molecule has 22 heavy (non-hydrogen) atoms. The number of carbonyl (C=O) groups excluding carboxylic acids is 1. The number of ether oxygens (including phenoxy) is 1. The molecule has 4 heteroatoms. The minimum absolute atomic E-state index is 0.247. The van der Waals surface area contributed by atoms with Gasteiger partial charge < -0.3 is 9.64 Å². The number of rotatable bonds is 3. The van der Waals surface area contributed by atoms with Crippen LogP contribution in [0.3, 0.4) is 0 Å². The summed E-state index contributed by atoms with van der Waals surface area (Å²) >= 11 is 0. The first-order valence-corrected chi connectivity index (χ1v) is 8.29. The Morgan fingerprint density at radius 3 is 2.59 bits per heavy atom. The molecule has 2 bridgehead atoms. The topological polar surface area (TPSA) is 32.8 Å². The molecule has 3 rings (SSSR count). The number of fused-ring (bicyclic) bond motifs is 3. The van der Waals surface area contributed by atoms with Crippen LogP contribution in [0, 0.1) is 5.92 Å². The molecule has 0 radical (unpaired) electrons. The molecule has 1 aromatic carbocycles. The van der Waals surface area contributed by atoms with Gasteiger partial charge in [0.15, 0.2) is 0 Å². The Bertz CT molecular complexity index is 514. The molecule has 2 atom stereocenters. The van der Waals surface area contributed by atoms with E-state index >= 15 is 0 Å². The van der Waals surface area contributed by atoms with Crippen molar-refractivity contribution in [2.24, 2.45) is 5.92 Å². The lowest BCUT2D eigenvalue weighted by Gasteiger charge is -2.29. The van der Waals surface area contributed by atoms with Gasteiger partial charge in [0.2, 0.25) is 5.91 Å². The molecule has 2 heterocycles. The molecule has 2 saturated heterocycles. The van der Waals surface area contributed by atoms with E-state index in [9.17, 15) is 4.79 Å². The molecule has 1 aromatic rings. The number of amides is 1. The highest BCUT2D eigenvalue weighted by atomic mass is 16.5. The largest absolute Gasteiger partial charge is 0.379 e. The van der Waals surface area contributed by atoms with Gasteiger partial charge in [-0.3, -0.25) is 9.69 Å². The third kappa shape index (κ3) is 3.50. The molecule has 0 aromatic heterocycles. The second-order valence-electron chi connectivity index (χ2n) is 6.64. The summed E-state index contributed by atoms with van der Waals surface area (Å²) in [7, 11) is 2.14. The van der Waals surface area contributed by atoms with Crippen LogP contribution in [-0.4, -0.2) is 61.6 Å². The molecule has 2 aliphatic heterocycles. The Morgan fingerprint density at radius 1 is 1.14 bits per heavy atom. The average Bonchev–Trinajstić information content (AvgIpc) is 2.76. The predicted octanol–water partition coefficient (Wildman–Crippen LogP) is 1.58. The lowest BCUT2D eigenvalue weighted by atomic mass is 10.1. The fourth-order valence-corrected chi connectivity index (χ4v) is 3.43. The second kappa shape index (κ2) is 6.80. The number of aryl methyl sites for hydroxylation is 1. The van der Waals surface area contributed by atoms with Crippen molar-refractivity contribution in [2.45, 2.75) is 25.8 Å². The fraction of sp³-hybridized carbons (Fsp3) is 0.611. The molecule has 2 fully saturated rings. The van der Waals surface area contributed by atoms with Crippen LogP contribution < -0.4 is 0 Å². The third-order valence-electron chi connectivity index (χ3n) is 4.88. The fourth-order valence-electron chi connectivity index (χ4n) is 3.43. The molecule has 0 saturated carbocycles. The van der Waals surface area contributed by atoms with Crippen molar-refractivity contribution in [3.63, 3.8) is 0 Å². The van der Waals surface area contributed by atoms with Gasteiger partial charge in [-0.15, -0.1) is 0 Å². The van der Waals surface area contributed by atoms with E-state index in [4.69, 9.17) is 4.74 Å². The number of hydrogen-bond donors (Lipinski definition) is 0. The van der Waals surface area contributed by atoms with Crippen LogP contribution in [0.15, 0.2) is 24.3 Å². The zero-order valence-electron chi connectivity index (χ0n) is 13.6. The first-order chi connectivity index (χ1) is 10.7. The van der Waals surface area contributed by atoms with E-state index in [1.54, 1.807) is 0 Å². The predicted molar refractivity (Wildman–Crippen MR) is 86.8 cm³/mol. The van der Waals surface area contributed by atoms with Crippen molar-refractivity contribution in [3.8, 4) is 0 Å². The first kappa shape index (κ1) is 15.5. The highest BCUT2D eigenvalue weighted by molar-refractivity contribution is 5.79. The van der Waals surface area contributed by atoms with Gasteiger partial charge >= 0.3 is 0 Å². The summed E-state index contributed by atoms with van der Waals surface area (Å²) in [4.78, 5) is 17.1. The molecule has 0 unspecified atom stereocenters. The van der Waals surface area contributed by atoms with Crippen LogP contribution in [0.1, 0.15) is 18.1 Å². The van der Waals surface area contributed by atoms with E-state index < -0.39 is 0 Å². The van der Waals surface area contributed by atoms with E-state index in [0.717, 1.165) is 44.8 Å². The summed E-state index contributed by atoms with van der Waals surface area (Å²) in [5.41, 5.74) is 2.43. The van der Waals surface area contributed by atoms with Crippen LogP contribution in [-0.2, 0) is 22.4 Å². The van der Waals surface area contributed by atoms with Crippen molar-refractivity contribution >= 4 is 5.91 Å². The van der Waals surface area contributed by atoms with E-state index in [2.05, 4.69) is 48.0 Å². The highest BCUT2D eigenvalue weighted by Crippen LogP contribution is 2.19. The summed E-state index contributed by atoms with van der Waals surface area (Å²) in [6.45, 7) is 6.30. The van der Waals surface area contributed by atoms with Crippen molar-refractivity contribution in [2.75, 3.05) is 39.9 Å². The summed E-state index contributed by atoms with van der Waals surface area (Å²) in [6, 6.07) is 8.76. The average molecular weight is 302 g/mol. The number of nitrogens with zero attached hydrogens (tertiary/aromatic N) is 2. The van der Waals surface area contributed by atoms with Crippen molar-refractivity contribution in [1.29, 1.82) is 0 Å². The van der Waals surface area contributed by atoms with Gasteiger partial charge in [-0.1, -0.05) is 31.2 Å². The summed E-state index contributed by atoms with van der Waals surface area (Å²) in [5, 5.41) is 0. The van der Waals surface area contributed by atoms with E-state index in [0.29, 0.717) is 18.4 Å². The van der Waals surface area contributed by atoms with Crippen LogP contribution in [0.5, 0.6) is 0 Å².